The number of halogens is 2. The molecular weight excluding hydrogens is 578 g/mol. The first-order valence-electron chi connectivity index (χ1n) is 11.6. The molecule has 3 rings (SSSR count). The molecule has 0 radical (unpaired) electrons. The van der Waals surface area contributed by atoms with E-state index in [9.17, 15) is 29.3 Å². The lowest BCUT2D eigenvalue weighted by molar-refractivity contribution is -0.149. The number of aliphatic hydroxyl groups is 1. The van der Waals surface area contributed by atoms with Crippen molar-refractivity contribution in [3.63, 3.8) is 0 Å². The largest absolute Gasteiger partial charge is 0.462 e. The van der Waals surface area contributed by atoms with Crippen molar-refractivity contribution in [3.8, 4) is 11.8 Å². The van der Waals surface area contributed by atoms with Crippen molar-refractivity contribution < 1.29 is 33.0 Å². The molecule has 1 aliphatic heterocycles. The third-order valence-electron chi connectivity index (χ3n) is 5.71. The fourth-order valence-electron chi connectivity index (χ4n) is 3.69. The molecule has 1 fully saturated rings. The first-order valence-corrected chi connectivity index (χ1v) is 13.9. The summed E-state index contributed by atoms with van der Waals surface area (Å²) in [5, 5.41) is 23.6. The number of benzene rings is 1. The van der Waals surface area contributed by atoms with E-state index in [0.29, 0.717) is 0 Å². The zero-order valence-electron chi connectivity index (χ0n) is 21.3. The average molecular weight is 605 g/mol. The summed E-state index contributed by atoms with van der Waals surface area (Å²) < 4.78 is 36.7. The zero-order chi connectivity index (χ0) is 29.1. The first-order chi connectivity index (χ1) is 18.2. The van der Waals surface area contributed by atoms with E-state index >= 15 is 0 Å². The molecule has 2 heterocycles. The summed E-state index contributed by atoms with van der Waals surface area (Å²) in [6, 6.07) is 5.88. The number of aromatic amines is 1. The summed E-state index contributed by atoms with van der Waals surface area (Å²) in [6.45, 7) is 5.41. The fourth-order valence-corrected chi connectivity index (χ4v) is 5.47. The normalized spacial score (nSPS) is 25.1. The fraction of sp³-hybridized carbons (Fsp3) is 0.478. The topological polar surface area (TPSA) is 182 Å². The van der Waals surface area contributed by atoms with Crippen LogP contribution in [-0.2, 0) is 23.4 Å². The Labute approximate surface area is 233 Å². The van der Waals surface area contributed by atoms with E-state index < -0.39 is 67.6 Å². The molecular formula is C23H27Cl2N4O9P. The lowest BCUT2D eigenvalue weighted by Crippen LogP contribution is -2.41. The Balaban J connectivity index is 1.87. The van der Waals surface area contributed by atoms with Gasteiger partial charge in [0.05, 0.1) is 28.8 Å². The molecule has 39 heavy (non-hydrogen) atoms. The summed E-state index contributed by atoms with van der Waals surface area (Å²) in [7, 11) is -4.41. The second-order valence-corrected chi connectivity index (χ2v) is 11.7. The number of H-pyrrole nitrogens is 1. The van der Waals surface area contributed by atoms with Crippen LogP contribution < -0.4 is 20.9 Å². The van der Waals surface area contributed by atoms with Crippen molar-refractivity contribution in [1.29, 1.82) is 5.26 Å². The minimum Gasteiger partial charge on any atom is -0.462 e. The number of esters is 1. The quantitative estimate of drug-likeness (QED) is 0.268. The van der Waals surface area contributed by atoms with Crippen LogP contribution in [0.2, 0.25) is 10.0 Å². The molecule has 0 spiro atoms. The number of hydrogen-bond donors (Lipinski definition) is 3. The van der Waals surface area contributed by atoms with Crippen molar-refractivity contribution in [2.75, 3.05) is 6.61 Å². The van der Waals surface area contributed by atoms with Gasteiger partial charge in [-0.2, -0.15) is 10.3 Å². The second-order valence-electron chi connectivity index (χ2n) is 9.18. The Hall–Kier alpha value is -2.69. The number of nitrogens with zero attached hydrogens (tertiary/aromatic N) is 2. The van der Waals surface area contributed by atoms with Crippen molar-refractivity contribution in [3.05, 3.63) is 61.3 Å². The standard InChI is InChI=1S/C23H27Cl2N4O9P/c1-12(2)36-20(32)13(3)28-39(34,38-14-5-6-15(24)16(25)9-14)35-10-17-19(31)23(4,11-26)21(37-17)29-8-7-18(30)27-22(29)33/h5-9,12-13,17,19,21,31H,10H2,1-4H3,(H,28,34)(H,27,30,33). The molecule has 1 aliphatic rings. The van der Waals surface area contributed by atoms with Crippen LogP contribution in [0.5, 0.6) is 5.75 Å². The maximum absolute atomic E-state index is 13.8. The van der Waals surface area contributed by atoms with Gasteiger partial charge in [-0.1, -0.05) is 23.2 Å². The lowest BCUT2D eigenvalue weighted by Gasteiger charge is -2.26. The molecule has 212 valence electrons. The van der Waals surface area contributed by atoms with Crippen molar-refractivity contribution in [2.45, 2.75) is 58.3 Å². The van der Waals surface area contributed by atoms with E-state index in [2.05, 4.69) is 10.1 Å². The molecule has 0 aliphatic carbocycles. The molecule has 0 amide bonds. The molecule has 0 saturated carbocycles. The van der Waals surface area contributed by atoms with Crippen LogP contribution in [0.25, 0.3) is 0 Å². The van der Waals surface area contributed by atoms with E-state index in [0.717, 1.165) is 16.8 Å². The maximum Gasteiger partial charge on any atom is 0.459 e. The first kappa shape index (κ1) is 30.8. The Kier molecular flexibility index (Phi) is 9.67. The smallest absolute Gasteiger partial charge is 0.459 e. The van der Waals surface area contributed by atoms with Gasteiger partial charge < -0.3 is 19.1 Å². The number of hydrogen-bond acceptors (Lipinski definition) is 10. The third kappa shape index (κ3) is 7.10. The van der Waals surface area contributed by atoms with Gasteiger partial charge in [0, 0.05) is 18.3 Å². The van der Waals surface area contributed by atoms with Crippen molar-refractivity contribution in [2.24, 2.45) is 5.41 Å². The summed E-state index contributed by atoms with van der Waals surface area (Å²) in [4.78, 5) is 38.2. The van der Waals surface area contributed by atoms with E-state index in [1.807, 2.05) is 6.07 Å². The molecule has 3 N–H and O–H groups in total. The second kappa shape index (κ2) is 12.2. The SMILES string of the molecule is CC(C)OC(=O)C(C)NP(=O)(OCC1OC(n2ccc(=O)[nH]c2=O)C(C)(C#N)C1O)Oc1ccc(Cl)c(Cl)c1. The number of aromatic nitrogens is 2. The highest BCUT2D eigenvalue weighted by Crippen LogP contribution is 2.49. The van der Waals surface area contributed by atoms with Gasteiger partial charge in [-0.3, -0.25) is 23.7 Å². The molecule has 1 saturated heterocycles. The number of ether oxygens (including phenoxy) is 2. The Morgan fingerprint density at radius 1 is 1.31 bits per heavy atom. The van der Waals surface area contributed by atoms with E-state index in [1.165, 1.54) is 32.0 Å². The highest BCUT2D eigenvalue weighted by atomic mass is 35.5. The minimum atomic E-state index is -4.41. The van der Waals surface area contributed by atoms with E-state index in [4.69, 9.17) is 41.7 Å². The van der Waals surface area contributed by atoms with E-state index in [1.54, 1.807) is 13.8 Å². The molecule has 1 aromatic carbocycles. The maximum atomic E-state index is 13.8. The molecule has 13 nitrogen and oxygen atoms in total. The Bertz CT molecular complexity index is 1430. The summed E-state index contributed by atoms with van der Waals surface area (Å²) in [5.41, 5.74) is -3.20. The zero-order valence-corrected chi connectivity index (χ0v) is 23.7. The van der Waals surface area contributed by atoms with Gasteiger partial charge in [-0.05, 0) is 39.8 Å². The summed E-state index contributed by atoms with van der Waals surface area (Å²) in [6.07, 6.45) is -3.48. The number of nitriles is 1. The van der Waals surface area contributed by atoms with Gasteiger partial charge in [-0.15, -0.1) is 0 Å². The van der Waals surface area contributed by atoms with Crippen molar-refractivity contribution in [1.82, 2.24) is 14.6 Å². The van der Waals surface area contributed by atoms with Crippen LogP contribution in [0, 0.1) is 16.7 Å². The van der Waals surface area contributed by atoms with Gasteiger partial charge in [0.1, 0.15) is 29.4 Å². The Morgan fingerprint density at radius 2 is 2.00 bits per heavy atom. The van der Waals surface area contributed by atoms with Crippen LogP contribution in [0.1, 0.15) is 33.9 Å². The Morgan fingerprint density at radius 3 is 2.59 bits per heavy atom. The number of aliphatic hydroxyl groups excluding tert-OH is 1. The predicted octanol–water partition coefficient (Wildman–Crippen LogP) is 2.76. The van der Waals surface area contributed by atoms with Gasteiger partial charge in [0.25, 0.3) is 5.56 Å². The van der Waals surface area contributed by atoms with Crippen molar-refractivity contribution >= 4 is 36.9 Å². The number of carbonyl (C=O) groups is 1. The predicted molar refractivity (Wildman–Crippen MR) is 139 cm³/mol. The van der Waals surface area contributed by atoms with Crippen LogP contribution in [-0.4, -0.2) is 51.6 Å². The average Bonchev–Trinajstić information content (AvgIpc) is 3.10. The molecule has 0 bridgehead atoms. The highest BCUT2D eigenvalue weighted by molar-refractivity contribution is 7.52. The van der Waals surface area contributed by atoms with Gasteiger partial charge in [0.2, 0.25) is 0 Å². The number of carbonyl (C=O) groups excluding carboxylic acids is 1. The molecule has 6 atom stereocenters. The molecule has 16 heteroatoms. The monoisotopic (exact) mass is 604 g/mol. The molecule has 6 unspecified atom stereocenters. The number of nitrogens with one attached hydrogen (secondary N) is 2. The summed E-state index contributed by atoms with van der Waals surface area (Å²) in [5.74, 6) is -0.754. The van der Waals surface area contributed by atoms with Crippen LogP contribution in [0.15, 0.2) is 40.1 Å². The number of rotatable bonds is 10. The van der Waals surface area contributed by atoms with E-state index in [-0.39, 0.29) is 15.8 Å². The lowest BCUT2D eigenvalue weighted by atomic mass is 9.84. The minimum absolute atomic E-state index is 0.0166. The van der Waals surface area contributed by atoms with Crippen LogP contribution in [0.3, 0.4) is 0 Å². The molecule has 1 aromatic heterocycles. The van der Waals surface area contributed by atoms with Crippen LogP contribution >= 0.6 is 30.9 Å². The van der Waals surface area contributed by atoms with Gasteiger partial charge in [-0.25, -0.2) is 9.36 Å². The highest BCUT2D eigenvalue weighted by Gasteiger charge is 2.55. The van der Waals surface area contributed by atoms with Gasteiger partial charge >= 0.3 is 19.4 Å². The van der Waals surface area contributed by atoms with Crippen LogP contribution in [0.4, 0.5) is 0 Å². The molecule has 2 aromatic rings. The third-order valence-corrected chi connectivity index (χ3v) is 8.09. The summed E-state index contributed by atoms with van der Waals surface area (Å²) >= 11 is 12.0. The van der Waals surface area contributed by atoms with Gasteiger partial charge in [0.15, 0.2) is 6.23 Å².